The van der Waals surface area contributed by atoms with Gasteiger partial charge in [-0.3, -0.25) is 9.13 Å². The average Bonchev–Trinajstić information content (AvgIpc) is 1.46. The zero-order chi connectivity index (χ0) is 61.2. The Kier molecular flexibility index (Phi) is 12.2. The molecule has 0 unspecified atom stereocenters. The minimum absolute atomic E-state index is 0.267. The standard InChI is InChI=1S/C42H29N5.C39H24BrN5/c1-42(2)31-21-11-14-24-34(31)46-32-22-12-9-19-28(32)30-25-35-36(37(42)38(30)46)29-20-10-13-23-33(29)47(35)41-44-39(26-15-5-3-6-16-26)43-40(45-41)27-17-7-4-8-18-27;40-31-19-9-12-22-34(31)44-32-20-10-7-17-27(32)29-24-36-30(23-35(29)44)28-18-8-11-21-33(28)45(36)39-42-37(25-13-3-1-4-14-25)41-38(43-39)26-15-5-2-6-16-26/h3-25H,1-2H3;1-24H. The maximum absolute atomic E-state index is 5.20. The molecule has 434 valence electrons. The van der Waals surface area contributed by atoms with Gasteiger partial charge in [0, 0.05) is 75.2 Å². The second kappa shape index (κ2) is 21.0. The van der Waals surface area contributed by atoms with E-state index in [4.69, 9.17) is 29.9 Å². The van der Waals surface area contributed by atoms with E-state index in [9.17, 15) is 0 Å². The number of para-hydroxylation sites is 6. The molecular formula is C81H53BrN10. The lowest BCUT2D eigenvalue weighted by atomic mass is 9.73. The first-order chi connectivity index (χ1) is 45.3. The van der Waals surface area contributed by atoms with Crippen molar-refractivity contribution in [3.05, 3.63) is 301 Å². The summed E-state index contributed by atoms with van der Waals surface area (Å²) in [6.45, 7) is 4.74. The molecule has 10 nitrogen and oxygen atoms in total. The van der Waals surface area contributed by atoms with Gasteiger partial charge >= 0.3 is 0 Å². The van der Waals surface area contributed by atoms with Crippen LogP contribution in [-0.2, 0) is 5.41 Å². The molecule has 19 rings (SSSR count). The summed E-state index contributed by atoms with van der Waals surface area (Å²) in [5, 5.41) is 9.52. The molecule has 11 heteroatoms. The van der Waals surface area contributed by atoms with Crippen LogP contribution in [0, 0.1) is 0 Å². The number of hydrogen-bond donors (Lipinski definition) is 0. The average molecular weight is 1250 g/mol. The van der Waals surface area contributed by atoms with Crippen LogP contribution in [0.25, 0.3) is 156 Å². The fourth-order valence-corrected chi connectivity index (χ4v) is 14.8. The first kappa shape index (κ1) is 53.4. The van der Waals surface area contributed by atoms with E-state index in [1.165, 1.54) is 60.2 Å². The van der Waals surface area contributed by atoms with Crippen LogP contribution in [0.3, 0.4) is 0 Å². The molecule has 0 fully saturated rings. The molecular weight excluding hydrogens is 1190 g/mol. The van der Waals surface area contributed by atoms with Gasteiger partial charge in [0.25, 0.3) is 0 Å². The van der Waals surface area contributed by atoms with Gasteiger partial charge in [-0.15, -0.1) is 0 Å². The van der Waals surface area contributed by atoms with Gasteiger partial charge in [-0.1, -0.05) is 238 Å². The Morgan fingerprint density at radius 1 is 0.283 bits per heavy atom. The summed E-state index contributed by atoms with van der Waals surface area (Å²) in [5.41, 5.74) is 17.6. The van der Waals surface area contributed by atoms with E-state index in [-0.39, 0.29) is 5.41 Å². The molecule has 0 bridgehead atoms. The van der Waals surface area contributed by atoms with Crippen LogP contribution >= 0.6 is 15.9 Å². The van der Waals surface area contributed by atoms with Crippen molar-refractivity contribution < 1.29 is 0 Å². The molecule has 18 aromatic rings. The summed E-state index contributed by atoms with van der Waals surface area (Å²) in [6.07, 6.45) is 0. The molecule has 0 saturated carbocycles. The molecule has 0 saturated heterocycles. The van der Waals surface area contributed by atoms with Crippen molar-refractivity contribution in [2.24, 2.45) is 0 Å². The molecule has 0 spiro atoms. The van der Waals surface area contributed by atoms with E-state index in [2.05, 4.69) is 236 Å². The zero-order valence-corrected chi connectivity index (χ0v) is 51.6. The van der Waals surface area contributed by atoms with E-state index in [0.717, 1.165) is 76.3 Å². The molecule has 0 amide bonds. The van der Waals surface area contributed by atoms with Crippen LogP contribution in [-0.4, -0.2) is 48.2 Å². The minimum Gasteiger partial charge on any atom is -0.309 e. The largest absolute Gasteiger partial charge is 0.309 e. The summed E-state index contributed by atoms with van der Waals surface area (Å²) in [7, 11) is 0. The number of benzene rings is 12. The predicted molar refractivity (Wildman–Crippen MR) is 379 cm³/mol. The Balaban J connectivity index is 0.000000136. The molecule has 12 aromatic carbocycles. The van der Waals surface area contributed by atoms with E-state index >= 15 is 0 Å². The van der Waals surface area contributed by atoms with Crippen molar-refractivity contribution in [1.29, 1.82) is 0 Å². The number of hydrogen-bond acceptors (Lipinski definition) is 6. The predicted octanol–water partition coefficient (Wildman–Crippen LogP) is 20.2. The van der Waals surface area contributed by atoms with Crippen LogP contribution in [0.1, 0.15) is 25.0 Å². The normalized spacial score (nSPS) is 12.6. The van der Waals surface area contributed by atoms with Crippen LogP contribution < -0.4 is 0 Å². The Labute approximate surface area is 536 Å². The topological polar surface area (TPSA) is 97.1 Å². The third kappa shape index (κ3) is 8.25. The van der Waals surface area contributed by atoms with Gasteiger partial charge in [-0.25, -0.2) is 9.97 Å². The SMILES string of the molecule is Brc1ccccc1-n1c2ccccc2c2cc3c(cc21)c1ccccc1n3-c1nc(-c2ccccc2)nc(-c2ccccc2)n1.CC1(C)c2ccccc2-n2c3ccccc3c3cc4c(c1c32)c1ccccc1n4-c1nc(-c2ccccc2)nc(-c2ccccc2)n1. The highest BCUT2D eigenvalue weighted by Gasteiger charge is 2.38. The Morgan fingerprint density at radius 2 is 0.630 bits per heavy atom. The lowest BCUT2D eigenvalue weighted by Gasteiger charge is -2.35. The van der Waals surface area contributed by atoms with E-state index in [1.807, 2.05) is 97.1 Å². The van der Waals surface area contributed by atoms with Gasteiger partial charge in [0.2, 0.25) is 11.9 Å². The molecule has 0 N–H and O–H groups in total. The Hall–Kier alpha value is -11.7. The van der Waals surface area contributed by atoms with Gasteiger partial charge in [-0.05, 0) is 87.7 Å². The van der Waals surface area contributed by atoms with Gasteiger partial charge in [-0.2, -0.15) is 19.9 Å². The maximum atomic E-state index is 5.20. The number of nitrogens with zero attached hydrogens (tertiary/aromatic N) is 10. The highest BCUT2D eigenvalue weighted by molar-refractivity contribution is 9.10. The Bertz CT molecular complexity index is 5870. The number of rotatable bonds is 7. The lowest BCUT2D eigenvalue weighted by Crippen LogP contribution is -2.26. The Morgan fingerprint density at radius 3 is 1.12 bits per heavy atom. The van der Waals surface area contributed by atoms with Crippen molar-refractivity contribution in [3.63, 3.8) is 0 Å². The van der Waals surface area contributed by atoms with Crippen molar-refractivity contribution in [1.82, 2.24) is 48.2 Å². The number of aromatic nitrogens is 10. The maximum Gasteiger partial charge on any atom is 0.238 e. The van der Waals surface area contributed by atoms with E-state index in [0.29, 0.717) is 35.2 Å². The molecule has 0 atom stereocenters. The summed E-state index contributed by atoms with van der Waals surface area (Å²) in [4.78, 5) is 30.5. The van der Waals surface area contributed by atoms with Crippen LogP contribution in [0.5, 0.6) is 0 Å². The summed E-state index contributed by atoms with van der Waals surface area (Å²) >= 11 is 3.82. The molecule has 7 heterocycles. The number of halogens is 1. The third-order valence-electron chi connectivity index (χ3n) is 18.4. The van der Waals surface area contributed by atoms with Gasteiger partial charge in [0.1, 0.15) is 0 Å². The van der Waals surface area contributed by atoms with Crippen LogP contribution in [0.2, 0.25) is 0 Å². The summed E-state index contributed by atoms with van der Waals surface area (Å²) in [5.74, 6) is 3.76. The van der Waals surface area contributed by atoms with E-state index < -0.39 is 0 Å². The van der Waals surface area contributed by atoms with Crippen molar-refractivity contribution in [2.75, 3.05) is 0 Å². The van der Waals surface area contributed by atoms with Gasteiger partial charge in [0.15, 0.2) is 23.3 Å². The monoisotopic (exact) mass is 1240 g/mol. The van der Waals surface area contributed by atoms with Gasteiger partial charge < -0.3 is 9.13 Å². The second-order valence-corrected chi connectivity index (χ2v) is 24.8. The fourth-order valence-electron chi connectivity index (χ4n) is 14.3. The molecule has 1 aliphatic heterocycles. The van der Waals surface area contributed by atoms with Crippen molar-refractivity contribution >= 4 is 103 Å². The highest BCUT2D eigenvalue weighted by atomic mass is 79.9. The molecule has 92 heavy (non-hydrogen) atoms. The zero-order valence-electron chi connectivity index (χ0n) is 50.0. The van der Waals surface area contributed by atoms with Crippen molar-refractivity contribution in [2.45, 2.75) is 19.3 Å². The van der Waals surface area contributed by atoms with E-state index in [1.54, 1.807) is 0 Å². The fraction of sp³-hybridized carbons (Fsp3) is 0.0370. The smallest absolute Gasteiger partial charge is 0.238 e. The molecule has 1 aliphatic rings. The number of fused-ring (bicyclic) bond motifs is 15. The quantitative estimate of drug-likeness (QED) is 0.158. The van der Waals surface area contributed by atoms with Gasteiger partial charge in [0.05, 0.1) is 55.5 Å². The van der Waals surface area contributed by atoms with Crippen LogP contribution in [0.15, 0.2) is 290 Å². The first-order valence-electron chi connectivity index (χ1n) is 30.9. The van der Waals surface area contributed by atoms with Crippen molar-refractivity contribution in [3.8, 4) is 68.8 Å². The summed E-state index contributed by atoms with van der Waals surface area (Å²) < 4.78 is 10.3. The molecule has 6 aromatic heterocycles. The third-order valence-corrected chi connectivity index (χ3v) is 19.0. The lowest BCUT2D eigenvalue weighted by molar-refractivity contribution is 0.636. The molecule has 0 radical (unpaired) electrons. The summed E-state index contributed by atoms with van der Waals surface area (Å²) in [6, 6.07) is 99.4. The molecule has 0 aliphatic carbocycles. The first-order valence-corrected chi connectivity index (χ1v) is 31.7. The van der Waals surface area contributed by atoms with Crippen LogP contribution in [0.4, 0.5) is 0 Å². The second-order valence-electron chi connectivity index (χ2n) is 24.0. The highest BCUT2D eigenvalue weighted by Crippen LogP contribution is 2.53. The minimum atomic E-state index is -0.267.